The predicted octanol–water partition coefficient (Wildman–Crippen LogP) is 4.58. The summed E-state index contributed by atoms with van der Waals surface area (Å²) in [5.41, 5.74) is 8.55. The van der Waals surface area contributed by atoms with Crippen LogP contribution in [0.1, 0.15) is 37.1 Å². The van der Waals surface area contributed by atoms with Gasteiger partial charge in [-0.05, 0) is 25.8 Å². The van der Waals surface area contributed by atoms with Gasteiger partial charge in [-0.2, -0.15) is 5.10 Å². The molecule has 0 atom stereocenters. The minimum absolute atomic E-state index is 0.151. The third-order valence-electron chi connectivity index (χ3n) is 6.50. The lowest BCUT2D eigenvalue weighted by atomic mass is 10.0. The molecule has 198 valence electrons. The Kier molecular flexibility index (Phi) is 6.47. The molecule has 2 N–H and O–H groups in total. The van der Waals surface area contributed by atoms with Crippen molar-refractivity contribution >= 4 is 34.9 Å². The number of hydrogen-bond acceptors (Lipinski definition) is 7. The number of aliphatic imine (C=N–C) groups is 1. The van der Waals surface area contributed by atoms with Crippen molar-refractivity contribution in [3.63, 3.8) is 0 Å². The van der Waals surface area contributed by atoms with Crippen LogP contribution in [-0.4, -0.2) is 48.3 Å². The van der Waals surface area contributed by atoms with Gasteiger partial charge in [0.05, 0.1) is 50.1 Å². The molecule has 0 radical (unpaired) electrons. The van der Waals surface area contributed by atoms with E-state index in [1.165, 1.54) is 19.1 Å². The van der Waals surface area contributed by atoms with Gasteiger partial charge in [-0.25, -0.2) is 13.6 Å². The minimum Gasteiger partial charge on any atom is -0.493 e. The van der Waals surface area contributed by atoms with E-state index in [4.69, 9.17) is 15.2 Å². The van der Waals surface area contributed by atoms with E-state index in [-0.39, 0.29) is 24.1 Å². The molecule has 3 aromatic rings. The molecule has 1 aromatic carbocycles. The first-order valence-electron chi connectivity index (χ1n) is 11.9. The number of fused-ring (bicyclic) bond motifs is 1. The SMILES string of the molecule is CN=CC(=C(C)N)c1cc2c(cn1)CN(c1c(F)c(OC)cc(OC)c1F)C(=O)N2c1cnn(C2CC2)c1. The van der Waals surface area contributed by atoms with E-state index in [1.54, 1.807) is 49.5 Å². The Bertz CT molecular complexity index is 1450. The van der Waals surface area contributed by atoms with Crippen molar-refractivity contribution in [3.8, 4) is 11.5 Å². The molecule has 2 aliphatic rings. The zero-order valence-electron chi connectivity index (χ0n) is 21.4. The smallest absolute Gasteiger partial charge is 0.334 e. The van der Waals surface area contributed by atoms with E-state index in [1.807, 2.05) is 0 Å². The first kappa shape index (κ1) is 25.2. The Balaban J connectivity index is 1.70. The molecular formula is C26H27F2N7O3. The summed E-state index contributed by atoms with van der Waals surface area (Å²) in [5.74, 6) is -2.57. The molecule has 0 unspecified atom stereocenters. The van der Waals surface area contributed by atoms with Gasteiger partial charge in [0.25, 0.3) is 0 Å². The van der Waals surface area contributed by atoms with Gasteiger partial charge in [0, 0.05) is 48.6 Å². The van der Waals surface area contributed by atoms with E-state index in [9.17, 15) is 4.79 Å². The number of amides is 2. The van der Waals surface area contributed by atoms with Crippen LogP contribution in [0.2, 0.25) is 0 Å². The molecule has 0 saturated heterocycles. The number of urea groups is 1. The molecule has 12 heteroatoms. The second-order valence-electron chi connectivity index (χ2n) is 9.05. The maximum Gasteiger partial charge on any atom is 0.334 e. The average molecular weight is 524 g/mol. The number of anilines is 3. The van der Waals surface area contributed by atoms with E-state index in [2.05, 4.69) is 15.1 Å². The maximum absolute atomic E-state index is 15.5. The van der Waals surface area contributed by atoms with Crippen LogP contribution >= 0.6 is 0 Å². The van der Waals surface area contributed by atoms with Crippen LogP contribution in [0.15, 0.2) is 41.4 Å². The van der Waals surface area contributed by atoms with E-state index in [0.717, 1.165) is 23.8 Å². The Morgan fingerprint density at radius 1 is 1.16 bits per heavy atom. The number of pyridine rings is 1. The first-order chi connectivity index (χ1) is 18.3. The van der Waals surface area contributed by atoms with Crippen molar-refractivity contribution in [1.82, 2.24) is 14.8 Å². The molecule has 0 spiro atoms. The van der Waals surface area contributed by atoms with Gasteiger partial charge in [-0.15, -0.1) is 0 Å². The average Bonchev–Trinajstić information content (AvgIpc) is 3.64. The number of nitrogens with two attached hydrogens (primary N) is 1. The molecule has 2 amide bonds. The van der Waals surface area contributed by atoms with Gasteiger partial charge in [0.15, 0.2) is 23.1 Å². The van der Waals surface area contributed by atoms with Gasteiger partial charge >= 0.3 is 6.03 Å². The summed E-state index contributed by atoms with van der Waals surface area (Å²) >= 11 is 0. The Morgan fingerprint density at radius 2 is 1.84 bits per heavy atom. The van der Waals surface area contributed by atoms with Crippen LogP contribution in [0.5, 0.6) is 11.5 Å². The highest BCUT2D eigenvalue weighted by molar-refractivity contribution is 6.13. The number of nitrogens with zero attached hydrogens (tertiary/aromatic N) is 6. The monoisotopic (exact) mass is 523 g/mol. The van der Waals surface area contributed by atoms with Crippen molar-refractivity contribution in [1.29, 1.82) is 0 Å². The van der Waals surface area contributed by atoms with Crippen LogP contribution in [0.25, 0.3) is 5.57 Å². The van der Waals surface area contributed by atoms with Crippen LogP contribution < -0.4 is 25.0 Å². The number of benzene rings is 1. The van der Waals surface area contributed by atoms with Crippen LogP contribution in [-0.2, 0) is 6.54 Å². The second-order valence-corrected chi connectivity index (χ2v) is 9.05. The molecule has 10 nitrogen and oxygen atoms in total. The third-order valence-corrected chi connectivity index (χ3v) is 6.50. The topological polar surface area (TPSA) is 111 Å². The highest BCUT2D eigenvalue weighted by atomic mass is 19.1. The molecule has 3 heterocycles. The number of carbonyl (C=O) groups is 1. The molecule has 1 fully saturated rings. The summed E-state index contributed by atoms with van der Waals surface area (Å²) in [6.45, 7) is 1.57. The number of carbonyl (C=O) groups excluding carboxylic acids is 1. The zero-order valence-corrected chi connectivity index (χ0v) is 21.4. The lowest BCUT2D eigenvalue weighted by molar-refractivity contribution is 0.251. The fraction of sp³-hybridized carbons (Fsp3) is 0.308. The number of rotatable bonds is 7. The molecule has 1 aliphatic heterocycles. The molecule has 5 rings (SSSR count). The molecule has 38 heavy (non-hydrogen) atoms. The van der Waals surface area contributed by atoms with Crippen molar-refractivity contribution < 1.29 is 23.0 Å². The van der Waals surface area contributed by atoms with E-state index in [0.29, 0.717) is 33.9 Å². The predicted molar refractivity (Wildman–Crippen MR) is 139 cm³/mol. The second kappa shape index (κ2) is 9.77. The van der Waals surface area contributed by atoms with Crippen LogP contribution in [0.4, 0.5) is 30.6 Å². The van der Waals surface area contributed by atoms with Gasteiger partial charge in [-0.1, -0.05) is 0 Å². The van der Waals surface area contributed by atoms with Gasteiger partial charge < -0.3 is 15.2 Å². The van der Waals surface area contributed by atoms with Crippen molar-refractivity contribution in [2.24, 2.45) is 10.7 Å². The van der Waals surface area contributed by atoms with Gasteiger partial charge in [0.1, 0.15) is 5.69 Å². The normalized spacial score (nSPS) is 16.1. The largest absolute Gasteiger partial charge is 0.493 e. The summed E-state index contributed by atoms with van der Waals surface area (Å²) in [7, 11) is 4.12. The lowest BCUT2D eigenvalue weighted by Crippen LogP contribution is -2.45. The fourth-order valence-corrected chi connectivity index (χ4v) is 4.43. The summed E-state index contributed by atoms with van der Waals surface area (Å²) in [6, 6.07) is 2.39. The number of allylic oxidation sites excluding steroid dienone is 2. The summed E-state index contributed by atoms with van der Waals surface area (Å²) in [5, 5.41) is 4.41. The van der Waals surface area contributed by atoms with Gasteiger partial charge in [-0.3, -0.25) is 24.5 Å². The number of hydrogen-bond donors (Lipinski definition) is 1. The molecule has 1 saturated carbocycles. The van der Waals surface area contributed by atoms with Crippen LogP contribution in [0, 0.1) is 11.6 Å². The number of halogens is 2. The third kappa shape index (κ3) is 4.21. The van der Waals surface area contributed by atoms with Crippen LogP contribution in [0.3, 0.4) is 0 Å². The molecule has 0 bridgehead atoms. The molecule has 1 aliphatic carbocycles. The minimum atomic E-state index is -1.02. The Labute approximate surface area is 218 Å². The van der Waals surface area contributed by atoms with Crippen molar-refractivity contribution in [3.05, 3.63) is 59.3 Å². The highest BCUT2D eigenvalue weighted by Crippen LogP contribution is 2.43. The number of ether oxygens (including phenoxy) is 2. The van der Waals surface area contributed by atoms with Crippen molar-refractivity contribution in [2.45, 2.75) is 32.4 Å². The zero-order chi connectivity index (χ0) is 27.1. The summed E-state index contributed by atoms with van der Waals surface area (Å²) in [4.78, 5) is 25.0. The Morgan fingerprint density at radius 3 is 2.42 bits per heavy atom. The summed E-state index contributed by atoms with van der Waals surface area (Å²) < 4.78 is 42.9. The quantitative estimate of drug-likeness (QED) is 0.454. The molecular weight excluding hydrogens is 496 g/mol. The van der Waals surface area contributed by atoms with E-state index >= 15 is 8.78 Å². The van der Waals surface area contributed by atoms with Gasteiger partial charge in [0.2, 0.25) is 0 Å². The number of methoxy groups -OCH3 is 2. The first-order valence-corrected chi connectivity index (χ1v) is 11.9. The maximum atomic E-state index is 15.5. The van der Waals surface area contributed by atoms with E-state index < -0.39 is 23.4 Å². The number of aromatic nitrogens is 3. The molecule has 2 aromatic heterocycles. The summed E-state index contributed by atoms with van der Waals surface area (Å²) in [6.07, 6.45) is 8.44. The standard InChI is InChI=1S/C26H27F2N7O3/c1-14(29)18(11-30-2)19-7-20-15(9-31-19)12-33(25-23(27)21(37-3)8-22(38-4)24(25)28)26(36)35(20)17-10-32-34(13-17)16-5-6-16/h7-11,13,16H,5-6,12,29H2,1-4H3. The van der Waals surface area contributed by atoms with Crippen molar-refractivity contribution in [2.75, 3.05) is 31.1 Å². The fourth-order valence-electron chi connectivity index (χ4n) is 4.43. The Hall–Kier alpha value is -4.48. The lowest BCUT2D eigenvalue weighted by Gasteiger charge is -2.37. The highest BCUT2D eigenvalue weighted by Gasteiger charge is 2.38.